The number of methoxy groups -OCH3 is 2. The summed E-state index contributed by atoms with van der Waals surface area (Å²) in [6.45, 7) is 10.3. The number of rotatable bonds is 15. The molecule has 0 radical (unpaired) electrons. The molecule has 0 aromatic heterocycles. The van der Waals surface area contributed by atoms with Gasteiger partial charge in [0.05, 0.1) is 19.6 Å². The van der Waals surface area contributed by atoms with Gasteiger partial charge in [0.1, 0.15) is 17.8 Å². The lowest BCUT2D eigenvalue weighted by atomic mass is 9.52. The first-order valence-electron chi connectivity index (χ1n) is 21.0. The van der Waals surface area contributed by atoms with Gasteiger partial charge in [-0.2, -0.15) is 0 Å². The van der Waals surface area contributed by atoms with E-state index < -0.39 is 10.8 Å². The highest BCUT2D eigenvalue weighted by molar-refractivity contribution is 5.86. The monoisotopic (exact) mass is 806 g/mol. The molecule has 0 aliphatic carbocycles. The Bertz CT molecular complexity index is 2530. The van der Waals surface area contributed by atoms with Crippen LogP contribution in [0.15, 0.2) is 176 Å². The first-order valence-corrected chi connectivity index (χ1v) is 21.0. The maximum Gasteiger partial charge on any atom is 0.136 e. The maximum absolute atomic E-state index is 15.1. The molecule has 5 heteroatoms. The van der Waals surface area contributed by atoms with Crippen molar-refractivity contribution in [3.05, 3.63) is 215 Å². The average Bonchev–Trinajstić information content (AvgIpc) is 3.30. The van der Waals surface area contributed by atoms with Crippen LogP contribution in [-0.2, 0) is 34.1 Å². The largest absolute Gasteiger partial charge is 0.497 e. The summed E-state index contributed by atoms with van der Waals surface area (Å²) in [5, 5.41) is 0. The zero-order chi connectivity index (χ0) is 43.2. The zero-order valence-corrected chi connectivity index (χ0v) is 36.9. The van der Waals surface area contributed by atoms with Crippen molar-refractivity contribution in [2.45, 2.75) is 57.0 Å². The molecule has 2 atom stereocenters. The second kappa shape index (κ2) is 17.9. The summed E-state index contributed by atoms with van der Waals surface area (Å²) >= 11 is 0. The molecule has 0 saturated carbocycles. The Kier molecular flexibility index (Phi) is 12.5. The molecule has 0 N–H and O–H groups in total. The Labute approximate surface area is 363 Å². The molecule has 310 valence electrons. The molecule has 0 fully saturated rings. The number of hydrogen-bond donors (Lipinski definition) is 0. The van der Waals surface area contributed by atoms with Crippen molar-refractivity contribution < 1.29 is 14.3 Å². The Morgan fingerprint density at radius 2 is 0.934 bits per heavy atom. The van der Waals surface area contributed by atoms with Crippen molar-refractivity contribution >= 4 is 17.7 Å². The fourth-order valence-corrected chi connectivity index (χ4v) is 8.97. The van der Waals surface area contributed by atoms with E-state index in [0.29, 0.717) is 18.8 Å². The van der Waals surface area contributed by atoms with Gasteiger partial charge >= 0.3 is 0 Å². The number of carbonyl (C=O) groups is 1. The summed E-state index contributed by atoms with van der Waals surface area (Å²) < 4.78 is 11.4. The molecule has 0 spiro atoms. The Balaban J connectivity index is 1.56. The standard InChI is InChI=1S/C56H58N2O3/c1-54(2,3)45-26-23-43(24-27-45)44-25-36-50(53(37-44)58(6)39-42-19-13-10-14-20-42)55(4,46-28-32-48(60-7)33-29-46)56(40-59,47-30-34-49(61-8)35-31-47)51-21-15-16-22-52(51)57(5)38-41-17-11-9-12-18-41/h9-37,40H,38-39H2,1-8H3. The highest BCUT2D eigenvalue weighted by atomic mass is 16.5. The summed E-state index contributed by atoms with van der Waals surface area (Å²) in [5.41, 5.74) is 9.31. The van der Waals surface area contributed by atoms with E-state index in [9.17, 15) is 0 Å². The summed E-state index contributed by atoms with van der Waals surface area (Å²) in [5.74, 6) is 1.46. The fraction of sp³-hybridized carbons (Fsp3) is 0.232. The fourth-order valence-electron chi connectivity index (χ4n) is 8.97. The minimum atomic E-state index is -1.28. The van der Waals surface area contributed by atoms with Gasteiger partial charge < -0.3 is 24.1 Å². The van der Waals surface area contributed by atoms with Crippen LogP contribution in [0, 0.1) is 0 Å². The summed E-state index contributed by atoms with van der Waals surface area (Å²) in [7, 11) is 7.62. The van der Waals surface area contributed by atoms with Gasteiger partial charge in [0.25, 0.3) is 0 Å². The predicted molar refractivity (Wildman–Crippen MR) is 253 cm³/mol. The molecule has 61 heavy (non-hydrogen) atoms. The third kappa shape index (κ3) is 8.43. The first kappa shape index (κ1) is 42.5. The lowest BCUT2D eigenvalue weighted by Crippen LogP contribution is -2.51. The lowest BCUT2D eigenvalue weighted by Gasteiger charge is -2.49. The molecule has 0 amide bonds. The number of benzene rings is 7. The minimum absolute atomic E-state index is 0.0364. The molecule has 7 aromatic carbocycles. The normalized spacial score (nSPS) is 13.4. The van der Waals surface area contributed by atoms with E-state index in [2.05, 4.69) is 197 Å². The van der Waals surface area contributed by atoms with Crippen LogP contribution in [0.3, 0.4) is 0 Å². The van der Waals surface area contributed by atoms with Gasteiger partial charge in [-0.1, -0.05) is 160 Å². The van der Waals surface area contributed by atoms with Gasteiger partial charge in [-0.3, -0.25) is 0 Å². The molecule has 5 nitrogen and oxygen atoms in total. The van der Waals surface area contributed by atoms with Crippen LogP contribution in [0.4, 0.5) is 11.4 Å². The van der Waals surface area contributed by atoms with E-state index in [4.69, 9.17) is 9.47 Å². The van der Waals surface area contributed by atoms with Gasteiger partial charge in [-0.05, 0) is 98.8 Å². The van der Waals surface area contributed by atoms with Crippen molar-refractivity contribution in [3.8, 4) is 22.6 Å². The van der Waals surface area contributed by atoms with Crippen molar-refractivity contribution in [1.82, 2.24) is 0 Å². The van der Waals surface area contributed by atoms with Crippen molar-refractivity contribution in [3.63, 3.8) is 0 Å². The van der Waals surface area contributed by atoms with Crippen molar-refractivity contribution in [1.29, 1.82) is 0 Å². The average molecular weight is 807 g/mol. The number of anilines is 2. The number of ether oxygens (including phenoxy) is 2. The van der Waals surface area contributed by atoms with Gasteiger partial charge in [0, 0.05) is 44.0 Å². The van der Waals surface area contributed by atoms with Crippen LogP contribution in [0.2, 0.25) is 0 Å². The van der Waals surface area contributed by atoms with Crippen molar-refractivity contribution in [2.24, 2.45) is 0 Å². The van der Waals surface area contributed by atoms with Gasteiger partial charge in [0.15, 0.2) is 0 Å². The zero-order valence-electron chi connectivity index (χ0n) is 36.9. The highest BCUT2D eigenvalue weighted by Gasteiger charge is 2.55. The van der Waals surface area contributed by atoms with Crippen LogP contribution in [-0.4, -0.2) is 34.6 Å². The maximum atomic E-state index is 15.1. The predicted octanol–water partition coefficient (Wildman–Crippen LogP) is 12.4. The molecule has 0 aliphatic rings. The Morgan fingerprint density at radius 3 is 1.44 bits per heavy atom. The van der Waals surface area contributed by atoms with Crippen LogP contribution < -0.4 is 19.3 Å². The SMILES string of the molecule is COc1ccc(C(C)(c2ccc(-c3ccc(C(C)(C)C)cc3)cc2N(C)Cc2ccccc2)C(C=O)(c2ccc(OC)cc2)c2ccccc2N(C)Cc2ccccc2)cc1. The molecule has 0 aliphatic heterocycles. The molecule has 0 bridgehead atoms. The second-order valence-corrected chi connectivity index (χ2v) is 17.3. The van der Waals surface area contributed by atoms with Crippen LogP contribution in [0.25, 0.3) is 11.1 Å². The van der Waals surface area contributed by atoms with Crippen molar-refractivity contribution in [2.75, 3.05) is 38.1 Å². The second-order valence-electron chi connectivity index (χ2n) is 17.3. The third-order valence-electron chi connectivity index (χ3n) is 12.5. The molecule has 7 rings (SSSR count). The first-order chi connectivity index (χ1) is 29.4. The summed E-state index contributed by atoms with van der Waals surface area (Å²) in [6, 6.07) is 61.4. The highest BCUT2D eigenvalue weighted by Crippen LogP contribution is 2.56. The topological polar surface area (TPSA) is 42.0 Å². The number of para-hydroxylation sites is 1. The quantitative estimate of drug-likeness (QED) is 0.0966. The summed E-state index contributed by atoms with van der Waals surface area (Å²) in [6.07, 6.45) is 1.19. The number of nitrogens with zero attached hydrogens (tertiary/aromatic N) is 2. The van der Waals surface area contributed by atoms with Crippen LogP contribution in [0.1, 0.15) is 66.6 Å². The molecule has 7 aromatic rings. The van der Waals surface area contributed by atoms with Crippen LogP contribution >= 0.6 is 0 Å². The minimum Gasteiger partial charge on any atom is -0.497 e. The molecule has 0 heterocycles. The molecular weight excluding hydrogens is 749 g/mol. The van der Waals surface area contributed by atoms with E-state index in [1.807, 2.05) is 30.3 Å². The smallest absolute Gasteiger partial charge is 0.136 e. The number of aldehydes is 1. The summed E-state index contributed by atoms with van der Waals surface area (Å²) in [4.78, 5) is 19.7. The van der Waals surface area contributed by atoms with Gasteiger partial charge in [-0.15, -0.1) is 0 Å². The number of hydrogen-bond acceptors (Lipinski definition) is 5. The number of carbonyl (C=O) groups excluding carboxylic acids is 1. The van der Waals surface area contributed by atoms with Crippen LogP contribution in [0.5, 0.6) is 11.5 Å². The van der Waals surface area contributed by atoms with E-state index in [1.54, 1.807) is 14.2 Å². The van der Waals surface area contributed by atoms with E-state index in [0.717, 1.165) is 50.5 Å². The van der Waals surface area contributed by atoms with E-state index >= 15 is 4.79 Å². The third-order valence-corrected chi connectivity index (χ3v) is 12.5. The van der Waals surface area contributed by atoms with Gasteiger partial charge in [0.2, 0.25) is 0 Å². The van der Waals surface area contributed by atoms with E-state index in [1.165, 1.54) is 23.0 Å². The molecule has 0 saturated heterocycles. The molecule has 2 unspecified atom stereocenters. The Morgan fingerprint density at radius 1 is 0.475 bits per heavy atom. The lowest BCUT2D eigenvalue weighted by molar-refractivity contribution is -0.112. The van der Waals surface area contributed by atoms with E-state index in [-0.39, 0.29) is 5.41 Å². The Hall–Kier alpha value is -6.59. The molecular formula is C56H58N2O3. The van der Waals surface area contributed by atoms with Gasteiger partial charge in [-0.25, -0.2) is 0 Å².